The Hall–Kier alpha value is -2.00. The zero-order valence-corrected chi connectivity index (χ0v) is 10.2. The molecule has 0 aromatic rings. The van der Waals surface area contributed by atoms with Crippen molar-refractivity contribution in [1.29, 1.82) is 0 Å². The molecule has 0 spiro atoms. The number of hydrogen-bond acceptors (Lipinski definition) is 7. The number of carboxylic acids is 1. The summed E-state index contributed by atoms with van der Waals surface area (Å²) >= 11 is 0. The summed E-state index contributed by atoms with van der Waals surface area (Å²) in [4.78, 5) is 43.3. The Morgan fingerprint density at radius 3 is 2.05 bits per heavy atom. The maximum atomic E-state index is 11.3. The minimum Gasteiger partial charge on any atom is -0.481 e. The van der Waals surface area contributed by atoms with E-state index < -0.39 is 42.3 Å². The van der Waals surface area contributed by atoms with Gasteiger partial charge in [0, 0.05) is 6.42 Å². The molecule has 9 heteroatoms. The maximum absolute atomic E-state index is 11.3. The fraction of sp³-hybridized carbons (Fsp3) is 0.600. The van der Waals surface area contributed by atoms with Crippen molar-refractivity contribution in [3.05, 3.63) is 0 Å². The van der Waals surface area contributed by atoms with Crippen LogP contribution in [-0.2, 0) is 23.9 Å². The normalized spacial score (nSPS) is 13.4. The zero-order valence-electron chi connectivity index (χ0n) is 10.2. The monoisotopic (exact) mass is 275 g/mol. The predicted molar refractivity (Wildman–Crippen MR) is 62.3 cm³/mol. The van der Waals surface area contributed by atoms with Gasteiger partial charge in [-0.3, -0.25) is 9.59 Å². The van der Waals surface area contributed by atoms with Crippen LogP contribution in [0.1, 0.15) is 25.7 Å². The van der Waals surface area contributed by atoms with Crippen LogP contribution in [0.25, 0.3) is 0 Å². The van der Waals surface area contributed by atoms with E-state index in [1.165, 1.54) is 0 Å². The number of carbonyl (C=O) groups is 4. The summed E-state index contributed by atoms with van der Waals surface area (Å²) in [6.45, 7) is 0. The lowest BCUT2D eigenvalue weighted by Gasteiger charge is -2.12. The van der Waals surface area contributed by atoms with Crippen LogP contribution in [0.15, 0.2) is 0 Å². The SMILES string of the molecule is NC(=O)C[C@H](N)C(=O)OC(=O)C(N)CCCC(=O)O. The Bertz CT molecular complexity index is 370. The van der Waals surface area contributed by atoms with Crippen molar-refractivity contribution in [3.63, 3.8) is 0 Å². The summed E-state index contributed by atoms with van der Waals surface area (Å²) in [6.07, 6.45) is -0.354. The lowest BCUT2D eigenvalue weighted by molar-refractivity contribution is -0.162. The third kappa shape index (κ3) is 7.84. The molecular weight excluding hydrogens is 258 g/mol. The van der Waals surface area contributed by atoms with Gasteiger partial charge in [-0.2, -0.15) is 0 Å². The second-order valence-corrected chi connectivity index (χ2v) is 3.91. The smallest absolute Gasteiger partial charge is 0.331 e. The number of rotatable bonds is 8. The van der Waals surface area contributed by atoms with Gasteiger partial charge >= 0.3 is 17.9 Å². The number of primary amides is 1. The van der Waals surface area contributed by atoms with Crippen molar-refractivity contribution in [2.75, 3.05) is 0 Å². The number of amides is 1. The summed E-state index contributed by atoms with van der Waals surface area (Å²) in [6, 6.07) is -2.45. The Morgan fingerprint density at radius 2 is 1.58 bits per heavy atom. The van der Waals surface area contributed by atoms with Crippen LogP contribution in [0.2, 0.25) is 0 Å². The largest absolute Gasteiger partial charge is 0.481 e. The fourth-order valence-corrected chi connectivity index (χ4v) is 1.14. The molecule has 0 radical (unpaired) electrons. The molecule has 0 heterocycles. The lowest BCUT2D eigenvalue weighted by Crippen LogP contribution is -2.41. The molecule has 0 saturated heterocycles. The van der Waals surface area contributed by atoms with E-state index in [9.17, 15) is 19.2 Å². The van der Waals surface area contributed by atoms with E-state index in [0.29, 0.717) is 0 Å². The van der Waals surface area contributed by atoms with Gasteiger partial charge < -0.3 is 27.0 Å². The average Bonchev–Trinajstić information content (AvgIpc) is 2.27. The predicted octanol–water partition coefficient (Wildman–Crippen LogP) is -2.16. The molecule has 0 bridgehead atoms. The summed E-state index contributed by atoms with van der Waals surface area (Å²) in [5.74, 6) is -3.93. The van der Waals surface area contributed by atoms with Gasteiger partial charge in [-0.05, 0) is 12.8 Å². The quantitative estimate of drug-likeness (QED) is 0.286. The molecule has 7 N–H and O–H groups in total. The van der Waals surface area contributed by atoms with Gasteiger partial charge in [-0.1, -0.05) is 0 Å². The highest BCUT2D eigenvalue weighted by Crippen LogP contribution is 2.02. The molecule has 0 aliphatic carbocycles. The van der Waals surface area contributed by atoms with Crippen molar-refractivity contribution in [1.82, 2.24) is 0 Å². The third-order valence-electron chi connectivity index (χ3n) is 2.13. The Balaban J connectivity index is 4.10. The van der Waals surface area contributed by atoms with Crippen LogP contribution in [0, 0.1) is 0 Å². The van der Waals surface area contributed by atoms with Crippen LogP contribution < -0.4 is 17.2 Å². The first-order chi connectivity index (χ1) is 8.73. The van der Waals surface area contributed by atoms with Crippen molar-refractivity contribution in [3.8, 4) is 0 Å². The van der Waals surface area contributed by atoms with Crippen molar-refractivity contribution < 1.29 is 29.0 Å². The average molecular weight is 275 g/mol. The van der Waals surface area contributed by atoms with Gasteiger partial charge in [0.25, 0.3) is 0 Å². The fourth-order valence-electron chi connectivity index (χ4n) is 1.14. The maximum Gasteiger partial charge on any atom is 0.331 e. The highest BCUT2D eigenvalue weighted by molar-refractivity contribution is 5.92. The number of esters is 2. The van der Waals surface area contributed by atoms with Crippen molar-refractivity contribution in [2.45, 2.75) is 37.8 Å². The minimum absolute atomic E-state index is 0.0590. The summed E-state index contributed by atoms with van der Waals surface area (Å²) in [5, 5.41) is 8.40. The Kier molecular flexibility index (Phi) is 7.30. The van der Waals surface area contributed by atoms with Gasteiger partial charge in [0.2, 0.25) is 5.91 Å². The number of ether oxygens (including phenoxy) is 1. The molecule has 19 heavy (non-hydrogen) atoms. The number of nitrogens with two attached hydrogens (primary N) is 3. The highest BCUT2D eigenvalue weighted by Gasteiger charge is 2.24. The Morgan fingerprint density at radius 1 is 1.05 bits per heavy atom. The Labute approximate surface area is 109 Å². The topological polar surface area (TPSA) is 176 Å². The molecule has 0 aromatic carbocycles. The van der Waals surface area contributed by atoms with E-state index in [4.69, 9.17) is 22.3 Å². The van der Waals surface area contributed by atoms with E-state index in [1.54, 1.807) is 0 Å². The minimum atomic E-state index is -1.33. The zero-order chi connectivity index (χ0) is 15.0. The number of hydrogen-bond donors (Lipinski definition) is 4. The second-order valence-electron chi connectivity index (χ2n) is 3.91. The summed E-state index contributed by atoms with van der Waals surface area (Å²) < 4.78 is 4.35. The van der Waals surface area contributed by atoms with Gasteiger partial charge in [-0.15, -0.1) is 0 Å². The van der Waals surface area contributed by atoms with E-state index in [2.05, 4.69) is 4.74 Å². The van der Waals surface area contributed by atoms with Crippen LogP contribution in [0.4, 0.5) is 0 Å². The molecule has 0 fully saturated rings. The lowest BCUT2D eigenvalue weighted by atomic mass is 10.1. The first kappa shape index (κ1) is 17.0. The molecule has 108 valence electrons. The van der Waals surface area contributed by atoms with E-state index >= 15 is 0 Å². The first-order valence-corrected chi connectivity index (χ1v) is 5.50. The van der Waals surface area contributed by atoms with E-state index in [0.717, 1.165) is 0 Å². The molecule has 0 aromatic heterocycles. The molecule has 0 saturated carbocycles. The molecule has 0 rings (SSSR count). The third-order valence-corrected chi connectivity index (χ3v) is 2.13. The number of carbonyl (C=O) groups excluding carboxylic acids is 3. The van der Waals surface area contributed by atoms with Gasteiger partial charge in [0.05, 0.1) is 6.42 Å². The molecule has 9 nitrogen and oxygen atoms in total. The van der Waals surface area contributed by atoms with Crippen LogP contribution >= 0.6 is 0 Å². The van der Waals surface area contributed by atoms with Gasteiger partial charge in [-0.25, -0.2) is 9.59 Å². The molecule has 0 aliphatic rings. The van der Waals surface area contributed by atoms with Crippen LogP contribution in [-0.4, -0.2) is 41.0 Å². The second kappa shape index (κ2) is 8.16. The first-order valence-electron chi connectivity index (χ1n) is 5.50. The van der Waals surface area contributed by atoms with Gasteiger partial charge in [0.1, 0.15) is 12.1 Å². The van der Waals surface area contributed by atoms with Crippen molar-refractivity contribution >= 4 is 23.8 Å². The molecule has 1 unspecified atom stereocenters. The number of aliphatic carboxylic acids is 1. The van der Waals surface area contributed by atoms with E-state index in [1.807, 2.05) is 0 Å². The number of carboxylic acid groups (broad SMARTS) is 1. The molecule has 0 aliphatic heterocycles. The standard InChI is InChI=1S/C10H17N3O6/c11-5(2-1-3-8(15)16)9(17)19-10(18)6(12)4-7(13)14/h5-6H,1-4,11-12H2,(H2,13,14)(H,15,16)/t5?,6-/m0/s1. The molecule has 1 amide bonds. The summed E-state index contributed by atoms with van der Waals surface area (Å²) in [5.41, 5.74) is 15.5. The van der Waals surface area contributed by atoms with Gasteiger partial charge in [0.15, 0.2) is 0 Å². The summed E-state index contributed by atoms with van der Waals surface area (Å²) in [7, 11) is 0. The van der Waals surface area contributed by atoms with Crippen LogP contribution in [0.5, 0.6) is 0 Å². The molecule has 2 atom stereocenters. The molecular formula is C10H17N3O6. The van der Waals surface area contributed by atoms with E-state index in [-0.39, 0.29) is 19.3 Å². The van der Waals surface area contributed by atoms with Crippen molar-refractivity contribution in [2.24, 2.45) is 17.2 Å². The highest BCUT2D eigenvalue weighted by atomic mass is 16.6. The van der Waals surface area contributed by atoms with Crippen LogP contribution in [0.3, 0.4) is 0 Å².